The zero-order chi connectivity index (χ0) is 19.4. The lowest BCUT2D eigenvalue weighted by molar-refractivity contribution is -0.132. The lowest BCUT2D eigenvalue weighted by Gasteiger charge is -2.17. The predicted octanol–water partition coefficient (Wildman–Crippen LogP) is 2.98. The van der Waals surface area contributed by atoms with Crippen LogP contribution in [0.25, 0.3) is 0 Å². The number of hydrogen-bond donors (Lipinski definition) is 1. The fourth-order valence-corrected chi connectivity index (χ4v) is 3.32. The molecule has 5 heteroatoms. The van der Waals surface area contributed by atoms with Gasteiger partial charge in [-0.1, -0.05) is 31.2 Å². The van der Waals surface area contributed by atoms with Crippen LogP contribution in [0, 0.1) is 5.92 Å². The second-order valence-corrected chi connectivity index (χ2v) is 7.13. The normalized spacial score (nSPS) is 16.5. The number of benzene rings is 2. The first-order valence-corrected chi connectivity index (χ1v) is 9.44. The average Bonchev–Trinajstić information content (AvgIpc) is 3.08. The van der Waals surface area contributed by atoms with Crippen LogP contribution in [0.5, 0.6) is 0 Å². The van der Waals surface area contributed by atoms with Crippen molar-refractivity contribution >= 4 is 23.2 Å². The van der Waals surface area contributed by atoms with Crippen molar-refractivity contribution in [3.63, 3.8) is 0 Å². The van der Waals surface area contributed by atoms with Crippen molar-refractivity contribution in [3.8, 4) is 0 Å². The van der Waals surface area contributed by atoms with Gasteiger partial charge in [-0.2, -0.15) is 0 Å². The standard InChI is InChI=1S/C22H27N3O2/c1-4-16-5-11-19(12-6-16)25-14-13-20(22(25)27)21(26)23-15-17-7-9-18(10-8-17)24(2)3/h5-12,20H,4,13-15H2,1-3H3,(H,23,26)/t20-/m0/s1. The van der Waals surface area contributed by atoms with Crippen molar-refractivity contribution < 1.29 is 9.59 Å². The first-order chi connectivity index (χ1) is 13.0. The fourth-order valence-electron chi connectivity index (χ4n) is 3.32. The van der Waals surface area contributed by atoms with Crippen LogP contribution < -0.4 is 15.1 Å². The third-order valence-electron chi connectivity index (χ3n) is 5.10. The Balaban J connectivity index is 1.58. The number of carbonyl (C=O) groups is 2. The van der Waals surface area contributed by atoms with Crippen molar-refractivity contribution in [1.82, 2.24) is 5.32 Å². The molecule has 0 aromatic heterocycles. The molecule has 2 amide bonds. The summed E-state index contributed by atoms with van der Waals surface area (Å²) in [6.45, 7) is 3.12. The molecule has 1 aliphatic rings. The van der Waals surface area contributed by atoms with Gasteiger partial charge >= 0.3 is 0 Å². The number of nitrogens with one attached hydrogen (secondary N) is 1. The Kier molecular flexibility index (Phi) is 5.79. The third kappa shape index (κ3) is 4.30. The number of amides is 2. The molecule has 142 valence electrons. The van der Waals surface area contributed by atoms with Gasteiger partial charge in [0.05, 0.1) is 0 Å². The van der Waals surface area contributed by atoms with E-state index in [4.69, 9.17) is 0 Å². The molecule has 0 bridgehead atoms. The largest absolute Gasteiger partial charge is 0.378 e. The molecule has 1 saturated heterocycles. The van der Waals surface area contributed by atoms with Gasteiger partial charge in [0.2, 0.25) is 11.8 Å². The number of anilines is 2. The molecule has 0 aliphatic carbocycles. The van der Waals surface area contributed by atoms with E-state index >= 15 is 0 Å². The van der Waals surface area contributed by atoms with Gasteiger partial charge in [0.1, 0.15) is 5.92 Å². The number of carbonyl (C=O) groups excluding carboxylic acids is 2. The maximum atomic E-state index is 12.7. The van der Waals surface area contributed by atoms with E-state index in [-0.39, 0.29) is 11.8 Å². The van der Waals surface area contributed by atoms with Gasteiger partial charge in [-0.15, -0.1) is 0 Å². The molecule has 27 heavy (non-hydrogen) atoms. The van der Waals surface area contributed by atoms with Crippen LogP contribution in [0.2, 0.25) is 0 Å². The van der Waals surface area contributed by atoms with E-state index in [1.165, 1.54) is 5.56 Å². The summed E-state index contributed by atoms with van der Waals surface area (Å²) >= 11 is 0. The highest BCUT2D eigenvalue weighted by atomic mass is 16.2. The van der Waals surface area contributed by atoms with E-state index in [2.05, 4.69) is 12.2 Å². The molecule has 0 spiro atoms. The predicted molar refractivity (Wildman–Crippen MR) is 109 cm³/mol. The van der Waals surface area contributed by atoms with E-state index < -0.39 is 5.92 Å². The number of hydrogen-bond acceptors (Lipinski definition) is 3. The molecule has 5 nitrogen and oxygen atoms in total. The van der Waals surface area contributed by atoms with Crippen LogP contribution in [0.3, 0.4) is 0 Å². The molecular formula is C22H27N3O2. The van der Waals surface area contributed by atoms with Crippen molar-refractivity contribution in [2.45, 2.75) is 26.3 Å². The number of nitrogens with zero attached hydrogens (tertiary/aromatic N) is 2. The summed E-state index contributed by atoms with van der Waals surface area (Å²) in [5.74, 6) is -0.902. The Labute approximate surface area is 161 Å². The summed E-state index contributed by atoms with van der Waals surface area (Å²) in [6, 6.07) is 16.0. The van der Waals surface area contributed by atoms with E-state index in [0.29, 0.717) is 19.5 Å². The summed E-state index contributed by atoms with van der Waals surface area (Å²) < 4.78 is 0. The monoisotopic (exact) mass is 365 g/mol. The quantitative estimate of drug-likeness (QED) is 0.801. The number of rotatable bonds is 6. The van der Waals surface area contributed by atoms with Gasteiger partial charge in [-0.05, 0) is 48.2 Å². The first-order valence-electron chi connectivity index (χ1n) is 9.44. The zero-order valence-corrected chi connectivity index (χ0v) is 16.2. The van der Waals surface area contributed by atoms with E-state index in [1.807, 2.05) is 67.5 Å². The van der Waals surface area contributed by atoms with Gasteiger partial charge in [0.15, 0.2) is 0 Å². The smallest absolute Gasteiger partial charge is 0.239 e. The van der Waals surface area contributed by atoms with E-state index in [9.17, 15) is 9.59 Å². The maximum absolute atomic E-state index is 12.7. The van der Waals surface area contributed by atoms with Crippen LogP contribution >= 0.6 is 0 Å². The molecule has 1 atom stereocenters. The minimum Gasteiger partial charge on any atom is -0.378 e. The Hall–Kier alpha value is -2.82. The second kappa shape index (κ2) is 8.25. The molecule has 1 N–H and O–H groups in total. The van der Waals surface area contributed by atoms with Gasteiger partial charge in [0, 0.05) is 38.6 Å². The first kappa shape index (κ1) is 19.0. The summed E-state index contributed by atoms with van der Waals surface area (Å²) in [6.07, 6.45) is 1.52. The van der Waals surface area contributed by atoms with Crippen molar-refractivity contribution in [1.29, 1.82) is 0 Å². The fraction of sp³-hybridized carbons (Fsp3) is 0.364. The third-order valence-corrected chi connectivity index (χ3v) is 5.10. The molecule has 1 fully saturated rings. The highest BCUT2D eigenvalue weighted by molar-refractivity contribution is 6.09. The van der Waals surface area contributed by atoms with Crippen LogP contribution in [-0.4, -0.2) is 32.5 Å². The summed E-state index contributed by atoms with van der Waals surface area (Å²) in [5, 5.41) is 2.91. The molecule has 0 radical (unpaired) electrons. The van der Waals surface area contributed by atoms with E-state index in [0.717, 1.165) is 23.4 Å². The molecule has 1 heterocycles. The van der Waals surface area contributed by atoms with Crippen LogP contribution in [0.4, 0.5) is 11.4 Å². The second-order valence-electron chi connectivity index (χ2n) is 7.13. The average molecular weight is 365 g/mol. The molecule has 2 aromatic rings. The highest BCUT2D eigenvalue weighted by Gasteiger charge is 2.37. The highest BCUT2D eigenvalue weighted by Crippen LogP contribution is 2.26. The van der Waals surface area contributed by atoms with Crippen molar-refractivity contribution in [2.24, 2.45) is 5.92 Å². The summed E-state index contributed by atoms with van der Waals surface area (Å²) in [4.78, 5) is 29.0. The van der Waals surface area contributed by atoms with Gasteiger partial charge in [-0.25, -0.2) is 0 Å². The van der Waals surface area contributed by atoms with Gasteiger partial charge < -0.3 is 15.1 Å². The van der Waals surface area contributed by atoms with Gasteiger partial charge in [0.25, 0.3) is 0 Å². The van der Waals surface area contributed by atoms with E-state index in [1.54, 1.807) is 4.90 Å². The molecule has 2 aromatic carbocycles. The van der Waals surface area contributed by atoms with Crippen molar-refractivity contribution in [3.05, 3.63) is 59.7 Å². The SMILES string of the molecule is CCc1ccc(N2CC[C@@H](C(=O)NCc3ccc(N(C)C)cc3)C2=O)cc1. The topological polar surface area (TPSA) is 52.7 Å². The molecular weight excluding hydrogens is 338 g/mol. The Morgan fingerprint density at radius 1 is 1.07 bits per heavy atom. The Bertz CT molecular complexity index is 797. The van der Waals surface area contributed by atoms with Gasteiger partial charge in [-0.3, -0.25) is 9.59 Å². The Morgan fingerprint density at radius 3 is 2.30 bits per heavy atom. The number of aryl methyl sites for hydroxylation is 1. The molecule has 3 rings (SSSR count). The zero-order valence-electron chi connectivity index (χ0n) is 16.2. The summed E-state index contributed by atoms with van der Waals surface area (Å²) in [7, 11) is 3.98. The Morgan fingerprint density at radius 2 is 1.70 bits per heavy atom. The lowest BCUT2D eigenvalue weighted by Crippen LogP contribution is -2.36. The van der Waals surface area contributed by atoms with Crippen molar-refractivity contribution in [2.75, 3.05) is 30.4 Å². The molecule has 1 aliphatic heterocycles. The molecule has 0 saturated carbocycles. The minimum absolute atomic E-state index is 0.111. The lowest BCUT2D eigenvalue weighted by atomic mass is 10.1. The maximum Gasteiger partial charge on any atom is 0.239 e. The van der Waals surface area contributed by atoms with Crippen LogP contribution in [0.1, 0.15) is 24.5 Å². The minimum atomic E-state index is -0.600. The van der Waals surface area contributed by atoms with Crippen LogP contribution in [-0.2, 0) is 22.6 Å². The molecule has 0 unspecified atom stereocenters. The summed E-state index contributed by atoms with van der Waals surface area (Å²) in [5.41, 5.74) is 4.24. The van der Waals surface area contributed by atoms with Crippen LogP contribution in [0.15, 0.2) is 48.5 Å².